The fourth-order valence-electron chi connectivity index (χ4n) is 1.35. The number of hydrogen-bond acceptors (Lipinski definition) is 5. The summed E-state index contributed by atoms with van der Waals surface area (Å²) in [5, 5.41) is 10.4. The SMILES string of the molecule is COCCC(=O)CC(=O)c1ccc([N+](=O)[O-])cc1. The van der Waals surface area contributed by atoms with Gasteiger partial charge in [-0.05, 0) is 12.1 Å². The molecule has 1 rings (SSSR count). The molecule has 0 saturated carbocycles. The van der Waals surface area contributed by atoms with E-state index in [1.807, 2.05) is 0 Å². The molecule has 96 valence electrons. The highest BCUT2D eigenvalue weighted by Gasteiger charge is 2.13. The summed E-state index contributed by atoms with van der Waals surface area (Å²) in [6.45, 7) is 0.284. The lowest BCUT2D eigenvalue weighted by Crippen LogP contribution is -2.10. The topological polar surface area (TPSA) is 86.5 Å². The van der Waals surface area contributed by atoms with E-state index < -0.39 is 4.92 Å². The highest BCUT2D eigenvalue weighted by Crippen LogP contribution is 2.13. The molecule has 0 aromatic heterocycles. The number of ether oxygens (including phenoxy) is 1. The van der Waals surface area contributed by atoms with Crippen molar-refractivity contribution in [3.8, 4) is 0 Å². The Morgan fingerprint density at radius 1 is 1.28 bits per heavy atom. The summed E-state index contributed by atoms with van der Waals surface area (Å²) in [4.78, 5) is 32.9. The van der Waals surface area contributed by atoms with Crippen LogP contribution in [-0.4, -0.2) is 30.2 Å². The van der Waals surface area contributed by atoms with Crippen LogP contribution in [-0.2, 0) is 9.53 Å². The number of non-ortho nitro benzene ring substituents is 1. The Labute approximate surface area is 104 Å². The van der Waals surface area contributed by atoms with Crippen LogP contribution in [0.3, 0.4) is 0 Å². The minimum Gasteiger partial charge on any atom is -0.384 e. The molecule has 0 atom stereocenters. The maximum absolute atomic E-state index is 11.7. The number of carbonyl (C=O) groups excluding carboxylic acids is 2. The van der Waals surface area contributed by atoms with Gasteiger partial charge >= 0.3 is 0 Å². The predicted molar refractivity (Wildman–Crippen MR) is 63.5 cm³/mol. The summed E-state index contributed by atoms with van der Waals surface area (Å²) in [5.74, 6) is -0.550. The van der Waals surface area contributed by atoms with Gasteiger partial charge in [-0.1, -0.05) is 0 Å². The first-order valence-electron chi connectivity index (χ1n) is 5.33. The molecule has 0 aliphatic carbocycles. The molecule has 0 aliphatic rings. The van der Waals surface area contributed by atoms with Crippen molar-refractivity contribution < 1.29 is 19.2 Å². The van der Waals surface area contributed by atoms with Gasteiger partial charge in [-0.25, -0.2) is 0 Å². The van der Waals surface area contributed by atoms with E-state index in [-0.39, 0.29) is 36.7 Å². The second kappa shape index (κ2) is 6.61. The van der Waals surface area contributed by atoms with Gasteiger partial charge in [0.15, 0.2) is 5.78 Å². The highest BCUT2D eigenvalue weighted by molar-refractivity contribution is 6.08. The zero-order chi connectivity index (χ0) is 13.5. The van der Waals surface area contributed by atoms with Crippen molar-refractivity contribution in [2.45, 2.75) is 12.8 Å². The molecule has 1 aromatic carbocycles. The lowest BCUT2D eigenvalue weighted by atomic mass is 10.0. The van der Waals surface area contributed by atoms with Crippen LogP contribution < -0.4 is 0 Å². The third-order valence-corrected chi connectivity index (χ3v) is 2.34. The number of hydrogen-bond donors (Lipinski definition) is 0. The van der Waals surface area contributed by atoms with Gasteiger partial charge in [0.25, 0.3) is 5.69 Å². The molecule has 0 N–H and O–H groups in total. The molecular formula is C12H13NO5. The average Bonchev–Trinajstić information content (AvgIpc) is 2.36. The third kappa shape index (κ3) is 4.06. The summed E-state index contributed by atoms with van der Waals surface area (Å²) in [5.41, 5.74) is 0.212. The van der Waals surface area contributed by atoms with Gasteiger partial charge in [0.1, 0.15) is 5.78 Å². The number of benzene rings is 1. The molecule has 0 radical (unpaired) electrons. The molecule has 0 amide bonds. The van der Waals surface area contributed by atoms with Gasteiger partial charge in [-0.15, -0.1) is 0 Å². The van der Waals surface area contributed by atoms with Gasteiger partial charge in [0.05, 0.1) is 18.0 Å². The van der Waals surface area contributed by atoms with Crippen molar-refractivity contribution >= 4 is 17.3 Å². The van der Waals surface area contributed by atoms with E-state index in [1.54, 1.807) is 0 Å². The predicted octanol–water partition coefficient (Wildman–Crippen LogP) is 1.77. The highest BCUT2D eigenvalue weighted by atomic mass is 16.6. The summed E-state index contributed by atoms with van der Waals surface area (Å²) >= 11 is 0. The Morgan fingerprint density at radius 2 is 1.89 bits per heavy atom. The lowest BCUT2D eigenvalue weighted by Gasteiger charge is -2.00. The molecule has 6 nitrogen and oxygen atoms in total. The summed E-state index contributed by atoms with van der Waals surface area (Å²) in [6, 6.07) is 5.19. The molecule has 0 spiro atoms. The molecule has 0 bridgehead atoms. The Balaban J connectivity index is 2.61. The van der Waals surface area contributed by atoms with Crippen LogP contribution in [0.1, 0.15) is 23.2 Å². The first-order valence-corrected chi connectivity index (χ1v) is 5.33. The van der Waals surface area contributed by atoms with E-state index in [9.17, 15) is 19.7 Å². The molecular weight excluding hydrogens is 238 g/mol. The number of Topliss-reactive ketones (excluding diaryl/α,β-unsaturated/α-hetero) is 2. The van der Waals surface area contributed by atoms with Crippen LogP contribution in [0.5, 0.6) is 0 Å². The van der Waals surface area contributed by atoms with Gasteiger partial charge < -0.3 is 4.74 Å². The molecule has 0 fully saturated rings. The smallest absolute Gasteiger partial charge is 0.269 e. The van der Waals surface area contributed by atoms with Crippen molar-refractivity contribution in [2.75, 3.05) is 13.7 Å². The fourth-order valence-corrected chi connectivity index (χ4v) is 1.35. The second-order valence-corrected chi connectivity index (χ2v) is 3.69. The normalized spacial score (nSPS) is 10.1. The minimum atomic E-state index is -0.544. The Hall–Kier alpha value is -2.08. The van der Waals surface area contributed by atoms with Gasteiger partial charge in [0.2, 0.25) is 0 Å². The van der Waals surface area contributed by atoms with Crippen LogP contribution in [0, 0.1) is 10.1 Å². The lowest BCUT2D eigenvalue weighted by molar-refractivity contribution is -0.384. The second-order valence-electron chi connectivity index (χ2n) is 3.69. The van der Waals surface area contributed by atoms with Crippen molar-refractivity contribution in [2.24, 2.45) is 0 Å². The Morgan fingerprint density at radius 3 is 2.39 bits per heavy atom. The largest absolute Gasteiger partial charge is 0.384 e. The number of nitro groups is 1. The molecule has 0 heterocycles. The van der Waals surface area contributed by atoms with E-state index in [2.05, 4.69) is 0 Å². The van der Waals surface area contributed by atoms with Gasteiger partial charge in [-0.3, -0.25) is 19.7 Å². The average molecular weight is 251 g/mol. The number of ketones is 2. The van der Waals surface area contributed by atoms with Crippen molar-refractivity contribution in [3.63, 3.8) is 0 Å². The first-order chi connectivity index (χ1) is 8.54. The molecule has 18 heavy (non-hydrogen) atoms. The molecule has 1 aromatic rings. The van der Waals surface area contributed by atoms with E-state index in [1.165, 1.54) is 31.4 Å². The Bertz CT molecular complexity index is 452. The van der Waals surface area contributed by atoms with Crippen molar-refractivity contribution in [1.29, 1.82) is 0 Å². The summed E-state index contributed by atoms with van der Waals surface area (Å²) < 4.78 is 4.73. The summed E-state index contributed by atoms with van der Waals surface area (Å²) in [6.07, 6.45) is -0.0175. The zero-order valence-corrected chi connectivity index (χ0v) is 9.92. The first kappa shape index (κ1) is 14.0. The number of nitrogens with zero attached hydrogens (tertiary/aromatic N) is 1. The number of carbonyl (C=O) groups is 2. The number of nitro benzene ring substituents is 1. The maximum atomic E-state index is 11.7. The molecule has 0 aliphatic heterocycles. The van der Waals surface area contributed by atoms with E-state index in [0.29, 0.717) is 5.56 Å². The van der Waals surface area contributed by atoms with E-state index in [0.717, 1.165) is 0 Å². The van der Waals surface area contributed by atoms with Crippen LogP contribution in [0.25, 0.3) is 0 Å². The van der Waals surface area contributed by atoms with Crippen LogP contribution in [0.4, 0.5) is 5.69 Å². The quantitative estimate of drug-likeness (QED) is 0.319. The third-order valence-electron chi connectivity index (χ3n) is 2.34. The maximum Gasteiger partial charge on any atom is 0.269 e. The number of methoxy groups -OCH3 is 1. The molecule has 0 saturated heterocycles. The van der Waals surface area contributed by atoms with Crippen molar-refractivity contribution in [1.82, 2.24) is 0 Å². The van der Waals surface area contributed by atoms with Crippen LogP contribution >= 0.6 is 0 Å². The monoisotopic (exact) mass is 251 g/mol. The van der Waals surface area contributed by atoms with E-state index in [4.69, 9.17) is 4.74 Å². The summed E-state index contributed by atoms with van der Waals surface area (Å²) in [7, 11) is 1.48. The van der Waals surface area contributed by atoms with Gasteiger partial charge in [0, 0.05) is 31.2 Å². The van der Waals surface area contributed by atoms with E-state index >= 15 is 0 Å². The minimum absolute atomic E-state index is 0.0859. The Kier molecular flexibility index (Phi) is 5.13. The standard InChI is InChI=1S/C12H13NO5/c1-18-7-6-11(14)8-12(15)9-2-4-10(5-3-9)13(16)17/h2-5H,6-8H2,1H3. The van der Waals surface area contributed by atoms with Gasteiger partial charge in [-0.2, -0.15) is 0 Å². The van der Waals surface area contributed by atoms with Crippen molar-refractivity contribution in [3.05, 3.63) is 39.9 Å². The number of rotatable bonds is 7. The van der Waals surface area contributed by atoms with Crippen LogP contribution in [0.15, 0.2) is 24.3 Å². The van der Waals surface area contributed by atoms with Crippen LogP contribution in [0.2, 0.25) is 0 Å². The molecule has 0 unspecified atom stereocenters. The zero-order valence-electron chi connectivity index (χ0n) is 9.92. The fraction of sp³-hybridized carbons (Fsp3) is 0.333. The molecule has 6 heteroatoms.